The van der Waals surface area contributed by atoms with Crippen molar-refractivity contribution < 1.29 is 82.7 Å². The quantitative estimate of drug-likeness (QED) is 0.0285. The monoisotopic (exact) mass is 1960 g/mol. The molecule has 0 saturated carbocycles. The molecule has 0 bridgehead atoms. The molecule has 10 amide bonds. The molecule has 9 saturated heterocycles. The number of hydrogen-bond acceptors (Lipinski definition) is 31. The molecule has 12 N–H and O–H groups in total. The topological polar surface area (TPSA) is 565 Å². The fraction of sp³-hybridized carbons (Fsp3) is 0.527. The van der Waals surface area contributed by atoms with Gasteiger partial charge in [-0.05, 0) is 196 Å². The lowest BCUT2D eigenvalue weighted by Gasteiger charge is -2.53. The fourth-order valence-corrected chi connectivity index (χ4v) is 20.1. The number of amides is 10. The van der Waals surface area contributed by atoms with E-state index in [1.54, 1.807) is 57.3 Å². The lowest BCUT2D eigenvalue weighted by Crippen LogP contribution is -2.63. The number of nitro benzene ring substituents is 1. The molecule has 9 aliphatic rings. The highest BCUT2D eigenvalue weighted by Crippen LogP contribution is 2.44. The Morgan fingerprint density at radius 3 is 1.19 bits per heavy atom. The van der Waals surface area contributed by atoms with Gasteiger partial charge in [-0.2, -0.15) is 0 Å². The van der Waals surface area contributed by atoms with Crippen LogP contribution in [-0.2, 0) is 51.8 Å². The number of nitrogens with zero attached hydrogens (tertiary/aromatic N) is 15. The highest BCUT2D eigenvalue weighted by molar-refractivity contribution is 7.91. The molecular weight excluding hydrogens is 1840 g/mol. The van der Waals surface area contributed by atoms with Crippen molar-refractivity contribution in [1.29, 1.82) is 0 Å². The van der Waals surface area contributed by atoms with E-state index in [9.17, 15) is 73.7 Å². The van der Waals surface area contributed by atoms with Crippen LogP contribution < -0.4 is 63.6 Å². The number of ether oxygens (including phenoxy) is 3. The number of rotatable bonds is 19. The number of sulfone groups is 3. The summed E-state index contributed by atoms with van der Waals surface area (Å²) in [6, 6.07) is 24.3. The van der Waals surface area contributed by atoms with Gasteiger partial charge in [0.2, 0.25) is 0 Å². The highest BCUT2D eigenvalue weighted by atomic mass is 32.2. The number of piperidine rings is 6. The first-order chi connectivity index (χ1) is 65.0. The number of carbonyl (C=O) groups excluding carboxylic acids is 8. The van der Waals surface area contributed by atoms with Crippen LogP contribution in [0.1, 0.15) is 173 Å². The molecule has 744 valence electrons. The number of likely N-dealkylation sites (tertiary alicyclic amines) is 5. The molecule has 3 spiro atoms. The average Bonchev–Trinajstić information content (AvgIpc) is 0.764. The van der Waals surface area contributed by atoms with Crippen molar-refractivity contribution in [2.24, 2.45) is 39.2 Å². The van der Waals surface area contributed by atoms with Gasteiger partial charge in [0.1, 0.15) is 45.8 Å². The molecule has 45 heteroatoms. The molecule has 42 nitrogen and oxygen atoms in total. The molecule has 16 rings (SSSR count). The average molecular weight is 1970 g/mol. The van der Waals surface area contributed by atoms with Gasteiger partial charge >= 0.3 is 30.3 Å². The molecule has 0 radical (unpaired) electrons. The summed E-state index contributed by atoms with van der Waals surface area (Å²) < 4.78 is 86.5. The van der Waals surface area contributed by atoms with Gasteiger partial charge in [0.05, 0.1) is 49.6 Å². The van der Waals surface area contributed by atoms with E-state index in [-0.39, 0.29) is 115 Å². The van der Waals surface area contributed by atoms with Gasteiger partial charge in [-0.1, -0.05) is 24.3 Å². The van der Waals surface area contributed by atoms with Crippen LogP contribution in [0, 0.1) is 26.4 Å². The Morgan fingerprint density at radius 2 is 0.826 bits per heavy atom. The first kappa shape index (κ1) is 103. The van der Waals surface area contributed by atoms with Gasteiger partial charge in [-0.3, -0.25) is 24.5 Å². The molecule has 3 atom stereocenters. The third kappa shape index (κ3) is 27.2. The number of carbonyl (C=O) groups is 8. The molecule has 7 aromatic rings. The third-order valence-corrected chi connectivity index (χ3v) is 29.4. The van der Waals surface area contributed by atoms with Gasteiger partial charge in [0.15, 0.2) is 41.0 Å². The van der Waals surface area contributed by atoms with Gasteiger partial charge in [-0.15, -0.1) is 0 Å². The van der Waals surface area contributed by atoms with Crippen molar-refractivity contribution in [2.45, 2.75) is 175 Å². The van der Waals surface area contributed by atoms with Crippen LogP contribution in [0.3, 0.4) is 0 Å². The molecule has 9 fully saturated rings. The molecule has 12 heterocycles. The zero-order valence-corrected chi connectivity index (χ0v) is 81.8. The lowest BCUT2D eigenvalue weighted by atomic mass is 9.72. The molecule has 3 unspecified atom stereocenters. The van der Waals surface area contributed by atoms with Crippen molar-refractivity contribution >= 4 is 112 Å². The Kier molecular flexibility index (Phi) is 31.8. The maximum atomic E-state index is 13.2. The Labute approximate surface area is 803 Å². The summed E-state index contributed by atoms with van der Waals surface area (Å²) in [5.41, 5.74) is 25.1. The van der Waals surface area contributed by atoms with E-state index in [0.717, 1.165) is 153 Å². The second-order valence-electron chi connectivity index (χ2n) is 39.3. The smallest absolute Gasteiger partial charge is 0.415 e. The van der Waals surface area contributed by atoms with Crippen molar-refractivity contribution in [3.8, 4) is 5.75 Å². The zero-order valence-electron chi connectivity index (χ0n) is 79.3. The van der Waals surface area contributed by atoms with E-state index in [4.69, 9.17) is 47.1 Å². The van der Waals surface area contributed by atoms with E-state index in [2.05, 4.69) is 46.1 Å². The Morgan fingerprint density at radius 1 is 0.464 bits per heavy atom. The van der Waals surface area contributed by atoms with Crippen LogP contribution in [0.4, 0.5) is 58.6 Å². The highest BCUT2D eigenvalue weighted by Gasteiger charge is 2.51. The molecule has 138 heavy (non-hydrogen) atoms. The summed E-state index contributed by atoms with van der Waals surface area (Å²) in [7, 11) is -9.92. The molecule has 3 aromatic heterocycles. The fourth-order valence-electron chi connectivity index (χ4n) is 18.2. The van der Waals surface area contributed by atoms with Crippen LogP contribution >= 0.6 is 0 Å². The van der Waals surface area contributed by atoms with Crippen molar-refractivity contribution in [3.05, 3.63) is 165 Å². The first-order valence-corrected chi connectivity index (χ1v) is 51.8. The number of nitrogens with two attached hydrogens (primary N) is 4. The number of nitro groups is 1. The minimum atomic E-state index is -3.33. The van der Waals surface area contributed by atoms with Crippen molar-refractivity contribution in [1.82, 2.24) is 70.4 Å². The standard InChI is InChI=1S/C31H43N7O6S.C26H35N7O4S.C19H25N3O6.C17H22N6O3S/c1-30(2,3)44-29(41)38-19-31(20-38)11-14-36(15-12-31)28(40)34-22-6-5-13-37(18-22)25-17-33-26(27(32)39)24(35-25)16-21-7-9-23(10-8-21)45(4,42)43;1-38(36,37)20-6-4-18(5-7-20)13-21-23(24(27)34)29-14-22(31-21)33-10-2-3-19(15-33)30-25(35)32-11-8-26(9-12-32)16-28-17-26;1-18(2,3)28-17(24)21-12-19(13-21)8-10-20(11-9-19)16(23)27-15-6-4-14(5-7-15)22(25)26;1-27(25,26)13-6-4-12(5-7-13)21-17-15(16(19)24)20-9-14(22-17)23-8-2-3-11(18)10-23/h7-10,17,22H,5-6,11-16,18-20H2,1-4H3,(H2,32,39)(H,34,40);4-7,14,19,28H,2-3,8-13,15-17H2,1H3,(H2,27,34)(H,30,35);4-7H,8-13H2,1-3H3;4-7,9,11H,2-3,8,10,18H2,1H3,(H2,19,24)(H,21,22). The van der Waals surface area contributed by atoms with Crippen molar-refractivity contribution in [2.75, 3.05) is 157 Å². The van der Waals surface area contributed by atoms with E-state index in [1.807, 2.05) is 61.1 Å². The Balaban J connectivity index is 0.000000159. The van der Waals surface area contributed by atoms with E-state index in [0.29, 0.717) is 112 Å². The SMILES string of the molecule is CC(C)(C)OC(=O)N1CC2(CCN(C(=O)NC3CCCN(c4cnc(C(N)=O)c(Cc5ccc(S(C)(=O)=O)cc5)n4)C3)CC2)C1.CC(C)(C)OC(=O)N1CC2(CCN(C(=O)Oc3ccc([N+](=O)[O-])cc3)CC2)C1.CS(=O)(=O)c1ccc(Cc2nc(N3CCCC(NC(=O)N4CCC5(CC4)CNC5)C3)cnc2C(N)=O)cc1.CS(=O)(=O)c1ccc(Nc2nc(N3CCCC(N)C3)cnc2C(N)=O)cc1. The predicted molar refractivity (Wildman–Crippen MR) is 513 cm³/mol. The minimum absolute atomic E-state index is 0.00671. The number of aromatic nitrogens is 6. The summed E-state index contributed by atoms with van der Waals surface area (Å²) in [4.78, 5) is 151. The molecule has 9 aliphatic heterocycles. The van der Waals surface area contributed by atoms with Gasteiger partial charge in [0.25, 0.3) is 23.4 Å². The van der Waals surface area contributed by atoms with E-state index < -0.39 is 69.5 Å². The number of nitrogens with one attached hydrogen (secondary N) is 4. The van der Waals surface area contributed by atoms with Crippen LogP contribution in [-0.4, -0.2) is 299 Å². The molecule has 0 aliphatic carbocycles. The number of non-ortho nitro benzene ring substituents is 1. The summed E-state index contributed by atoms with van der Waals surface area (Å²) in [6.07, 6.45) is 18.3. The summed E-state index contributed by atoms with van der Waals surface area (Å²) in [5, 5.41) is 23.4. The Hall–Kier alpha value is -12.8. The van der Waals surface area contributed by atoms with Crippen LogP contribution in [0.5, 0.6) is 5.75 Å². The van der Waals surface area contributed by atoms with E-state index >= 15 is 0 Å². The second-order valence-corrected chi connectivity index (χ2v) is 45.4. The number of anilines is 5. The largest absolute Gasteiger partial charge is 0.444 e. The van der Waals surface area contributed by atoms with Gasteiger partial charge in [-0.25, -0.2) is 79.1 Å². The maximum Gasteiger partial charge on any atom is 0.415 e. The number of urea groups is 2. The number of primary amides is 3. The third-order valence-electron chi connectivity index (χ3n) is 26.0. The summed E-state index contributed by atoms with van der Waals surface area (Å²) in [6.45, 7) is 23.9. The van der Waals surface area contributed by atoms with Crippen molar-refractivity contribution in [3.63, 3.8) is 0 Å². The zero-order chi connectivity index (χ0) is 99.6. The first-order valence-electron chi connectivity index (χ1n) is 46.2. The van der Waals surface area contributed by atoms with Crippen LogP contribution in [0.2, 0.25) is 0 Å². The lowest BCUT2D eigenvalue weighted by molar-refractivity contribution is -0.384. The van der Waals surface area contributed by atoms with E-state index in [1.165, 1.54) is 73.1 Å². The maximum absolute atomic E-state index is 13.2. The van der Waals surface area contributed by atoms with Crippen LogP contribution in [0.15, 0.2) is 130 Å². The summed E-state index contributed by atoms with van der Waals surface area (Å²) >= 11 is 0. The minimum Gasteiger partial charge on any atom is -0.444 e. The molecular formula is C93H125N23O19S3. The molecule has 4 aromatic carbocycles. The van der Waals surface area contributed by atoms with Crippen LogP contribution in [0.25, 0.3) is 0 Å². The number of benzene rings is 4. The number of hydrogen-bond donors (Lipinski definition) is 8. The van der Waals surface area contributed by atoms with Gasteiger partial charge in [0, 0.05) is 196 Å². The Bertz CT molecular complexity index is 5970. The normalized spacial score (nSPS) is 19.5. The predicted octanol–water partition coefficient (Wildman–Crippen LogP) is 7.59. The summed E-state index contributed by atoms with van der Waals surface area (Å²) in [5.74, 6) is 0.224. The van der Waals surface area contributed by atoms with Gasteiger partial charge < -0.3 is 97.6 Å². The second kappa shape index (κ2) is 42.7.